The standard InChI is InChI=1S/C10H9F3N4O2S/c1-17-8(15-16-9(17)20(14,18)19)6-2-4-7(5-3-6)10(11,12)13/h2-5H,1H3,(H2,14,18,19). The maximum Gasteiger partial charge on any atom is 0.416 e. The third-order valence-electron chi connectivity index (χ3n) is 2.56. The molecular formula is C10H9F3N4O2S. The van der Waals surface area contributed by atoms with Gasteiger partial charge in [0, 0.05) is 12.6 Å². The van der Waals surface area contributed by atoms with Crippen molar-refractivity contribution < 1.29 is 21.6 Å². The molecule has 108 valence electrons. The molecule has 20 heavy (non-hydrogen) atoms. The van der Waals surface area contributed by atoms with Crippen LogP contribution < -0.4 is 5.14 Å². The Kier molecular flexibility index (Phi) is 3.30. The molecule has 0 bridgehead atoms. The second kappa shape index (κ2) is 4.56. The molecule has 0 amide bonds. The Morgan fingerprint density at radius 1 is 1.15 bits per heavy atom. The molecule has 1 aromatic heterocycles. The summed E-state index contributed by atoms with van der Waals surface area (Å²) in [5.74, 6) is 0.0998. The molecule has 2 aromatic rings. The predicted octanol–water partition coefficient (Wildman–Crippen LogP) is 1.15. The molecule has 0 saturated carbocycles. The first-order valence-corrected chi connectivity index (χ1v) is 6.75. The Hall–Kier alpha value is -1.94. The van der Waals surface area contributed by atoms with Gasteiger partial charge in [-0.15, -0.1) is 10.2 Å². The van der Waals surface area contributed by atoms with E-state index in [-0.39, 0.29) is 5.82 Å². The SMILES string of the molecule is Cn1c(-c2ccc(C(F)(F)F)cc2)nnc1S(N)(=O)=O. The molecule has 0 aliphatic carbocycles. The number of hydrogen-bond acceptors (Lipinski definition) is 4. The quantitative estimate of drug-likeness (QED) is 0.901. The van der Waals surface area contributed by atoms with Crippen molar-refractivity contribution in [3.8, 4) is 11.4 Å². The van der Waals surface area contributed by atoms with Crippen LogP contribution in [0.2, 0.25) is 0 Å². The minimum absolute atomic E-state index is 0.0998. The molecule has 2 rings (SSSR count). The molecule has 0 saturated heterocycles. The van der Waals surface area contributed by atoms with Gasteiger partial charge in [-0.3, -0.25) is 4.57 Å². The lowest BCUT2D eigenvalue weighted by Crippen LogP contribution is -2.17. The number of aromatic nitrogens is 3. The van der Waals surface area contributed by atoms with E-state index in [0.29, 0.717) is 5.56 Å². The molecule has 0 aliphatic heterocycles. The fourth-order valence-electron chi connectivity index (χ4n) is 1.62. The highest BCUT2D eigenvalue weighted by molar-refractivity contribution is 7.89. The number of alkyl halides is 3. The Morgan fingerprint density at radius 2 is 1.70 bits per heavy atom. The number of nitrogens with two attached hydrogens (primary N) is 1. The third kappa shape index (κ3) is 2.65. The van der Waals surface area contributed by atoms with Crippen LogP contribution in [0.3, 0.4) is 0 Å². The van der Waals surface area contributed by atoms with E-state index in [0.717, 1.165) is 16.7 Å². The number of halogens is 3. The van der Waals surface area contributed by atoms with Crippen molar-refractivity contribution in [2.75, 3.05) is 0 Å². The van der Waals surface area contributed by atoms with Crippen LogP contribution in [-0.2, 0) is 23.2 Å². The third-order valence-corrected chi connectivity index (χ3v) is 3.42. The van der Waals surface area contributed by atoms with Crippen molar-refractivity contribution >= 4 is 10.0 Å². The van der Waals surface area contributed by atoms with E-state index in [9.17, 15) is 21.6 Å². The van der Waals surface area contributed by atoms with Crippen LogP contribution in [-0.4, -0.2) is 23.2 Å². The molecular weight excluding hydrogens is 297 g/mol. The highest BCUT2D eigenvalue weighted by Crippen LogP contribution is 2.30. The van der Waals surface area contributed by atoms with Gasteiger partial charge in [-0.05, 0) is 12.1 Å². The second-order valence-electron chi connectivity index (χ2n) is 3.99. The second-order valence-corrected chi connectivity index (χ2v) is 5.44. The van der Waals surface area contributed by atoms with Crippen LogP contribution in [0.4, 0.5) is 13.2 Å². The molecule has 6 nitrogen and oxygen atoms in total. The van der Waals surface area contributed by atoms with Crippen LogP contribution in [0, 0.1) is 0 Å². The average Bonchev–Trinajstić information content (AvgIpc) is 2.70. The van der Waals surface area contributed by atoms with Crippen LogP contribution >= 0.6 is 0 Å². The molecule has 1 aromatic carbocycles. The lowest BCUT2D eigenvalue weighted by molar-refractivity contribution is -0.137. The summed E-state index contributed by atoms with van der Waals surface area (Å²) in [6.07, 6.45) is -4.44. The van der Waals surface area contributed by atoms with Gasteiger partial charge in [-0.1, -0.05) is 12.1 Å². The molecule has 2 N–H and O–H groups in total. The van der Waals surface area contributed by atoms with E-state index in [1.165, 1.54) is 19.2 Å². The van der Waals surface area contributed by atoms with Crippen LogP contribution in [0.1, 0.15) is 5.56 Å². The Bertz CT molecular complexity index is 735. The van der Waals surface area contributed by atoms with Gasteiger partial charge in [0.15, 0.2) is 5.82 Å². The average molecular weight is 306 g/mol. The number of hydrogen-bond donors (Lipinski definition) is 1. The normalized spacial score (nSPS) is 12.7. The molecule has 0 atom stereocenters. The molecule has 1 heterocycles. The zero-order chi connectivity index (χ0) is 15.1. The van der Waals surface area contributed by atoms with Gasteiger partial charge in [0.05, 0.1) is 5.56 Å². The molecule has 10 heteroatoms. The highest BCUT2D eigenvalue weighted by atomic mass is 32.2. The van der Waals surface area contributed by atoms with Crippen molar-refractivity contribution in [2.24, 2.45) is 12.2 Å². The Balaban J connectivity index is 2.46. The summed E-state index contributed by atoms with van der Waals surface area (Å²) in [6, 6.07) is 4.11. The zero-order valence-electron chi connectivity index (χ0n) is 10.1. The zero-order valence-corrected chi connectivity index (χ0v) is 10.9. The molecule has 0 unspecified atom stereocenters. The minimum atomic E-state index is -4.44. The van der Waals surface area contributed by atoms with Crippen molar-refractivity contribution in [3.05, 3.63) is 29.8 Å². The maximum atomic E-state index is 12.4. The molecule has 0 radical (unpaired) electrons. The summed E-state index contributed by atoms with van der Waals surface area (Å²) in [5, 5.41) is 11.5. The maximum absolute atomic E-state index is 12.4. The number of benzene rings is 1. The van der Waals surface area contributed by atoms with Crippen LogP contribution in [0.5, 0.6) is 0 Å². The van der Waals surface area contributed by atoms with Gasteiger partial charge in [0.25, 0.3) is 15.2 Å². The molecule has 0 spiro atoms. The first kappa shape index (κ1) is 14.5. The van der Waals surface area contributed by atoms with Gasteiger partial charge in [-0.2, -0.15) is 13.2 Å². The summed E-state index contributed by atoms with van der Waals surface area (Å²) in [4.78, 5) is 0. The monoisotopic (exact) mass is 306 g/mol. The lowest BCUT2D eigenvalue weighted by atomic mass is 10.1. The summed E-state index contributed by atoms with van der Waals surface area (Å²) in [7, 11) is -2.69. The van der Waals surface area contributed by atoms with Gasteiger partial charge in [0.1, 0.15) is 0 Å². The van der Waals surface area contributed by atoms with Crippen LogP contribution in [0.25, 0.3) is 11.4 Å². The number of rotatable bonds is 2. The van der Waals surface area contributed by atoms with Crippen molar-refractivity contribution in [2.45, 2.75) is 11.3 Å². The van der Waals surface area contributed by atoms with Crippen molar-refractivity contribution in [3.63, 3.8) is 0 Å². The summed E-state index contributed by atoms with van der Waals surface area (Å²) < 4.78 is 60.8. The van der Waals surface area contributed by atoms with Crippen molar-refractivity contribution in [1.29, 1.82) is 0 Å². The predicted molar refractivity (Wildman–Crippen MR) is 62.8 cm³/mol. The number of primary sulfonamides is 1. The largest absolute Gasteiger partial charge is 0.416 e. The minimum Gasteiger partial charge on any atom is -0.300 e. The number of sulfonamides is 1. The van der Waals surface area contributed by atoms with E-state index in [1.54, 1.807) is 0 Å². The van der Waals surface area contributed by atoms with E-state index in [2.05, 4.69) is 10.2 Å². The highest BCUT2D eigenvalue weighted by Gasteiger charge is 2.30. The first-order chi connectivity index (χ1) is 9.10. The van der Waals surface area contributed by atoms with Gasteiger partial charge < -0.3 is 0 Å². The fraction of sp³-hybridized carbons (Fsp3) is 0.200. The van der Waals surface area contributed by atoms with Gasteiger partial charge in [-0.25, -0.2) is 13.6 Å². The first-order valence-electron chi connectivity index (χ1n) is 5.20. The lowest BCUT2D eigenvalue weighted by Gasteiger charge is -2.07. The summed E-state index contributed by atoms with van der Waals surface area (Å²) >= 11 is 0. The number of nitrogens with zero attached hydrogens (tertiary/aromatic N) is 3. The van der Waals surface area contributed by atoms with Crippen LogP contribution in [0.15, 0.2) is 29.4 Å². The van der Waals surface area contributed by atoms with Gasteiger partial charge in [0.2, 0.25) is 0 Å². The smallest absolute Gasteiger partial charge is 0.300 e. The summed E-state index contributed by atoms with van der Waals surface area (Å²) in [6.45, 7) is 0. The Labute approximate surface area is 112 Å². The fourth-order valence-corrected chi connectivity index (χ4v) is 2.25. The van der Waals surface area contributed by atoms with Crippen molar-refractivity contribution in [1.82, 2.24) is 14.8 Å². The van der Waals surface area contributed by atoms with E-state index in [4.69, 9.17) is 5.14 Å². The van der Waals surface area contributed by atoms with E-state index < -0.39 is 26.9 Å². The molecule has 0 fully saturated rings. The summed E-state index contributed by atoms with van der Waals surface area (Å²) in [5.41, 5.74) is -0.516. The topological polar surface area (TPSA) is 90.9 Å². The molecule has 0 aliphatic rings. The Morgan fingerprint density at radius 3 is 2.10 bits per heavy atom. The van der Waals surface area contributed by atoms with E-state index in [1.807, 2.05) is 0 Å². The van der Waals surface area contributed by atoms with Gasteiger partial charge >= 0.3 is 6.18 Å². The van der Waals surface area contributed by atoms with E-state index >= 15 is 0 Å².